The third-order valence-corrected chi connectivity index (χ3v) is 6.71. The van der Waals surface area contributed by atoms with Gasteiger partial charge < -0.3 is 0 Å². The highest BCUT2D eigenvalue weighted by Gasteiger charge is 2.51. The monoisotopic (exact) mass is 442 g/mol. The van der Waals surface area contributed by atoms with E-state index in [9.17, 15) is 19.2 Å². The van der Waals surface area contributed by atoms with E-state index in [1.54, 1.807) is 35.7 Å². The number of hydrogen-bond acceptors (Lipinski definition) is 5. The third-order valence-electron chi connectivity index (χ3n) is 5.47. The predicted molar refractivity (Wildman–Crippen MR) is 113 cm³/mol. The Hall–Kier alpha value is -2.77. The fraction of sp³-hybridized carbons (Fsp3) is 0.273. The summed E-state index contributed by atoms with van der Waals surface area (Å²) in [5, 5.41) is 3.77. The van der Waals surface area contributed by atoms with E-state index in [-0.39, 0.29) is 16.4 Å². The summed E-state index contributed by atoms with van der Waals surface area (Å²) in [6.07, 6.45) is 2.87. The maximum absolute atomic E-state index is 13.4. The van der Waals surface area contributed by atoms with Crippen LogP contribution in [0.3, 0.4) is 0 Å². The Morgan fingerprint density at radius 2 is 1.87 bits per heavy atom. The highest BCUT2D eigenvalue weighted by atomic mass is 35.5. The Morgan fingerprint density at radius 3 is 2.57 bits per heavy atom. The lowest BCUT2D eigenvalue weighted by atomic mass is 9.82. The molecule has 0 N–H and O–H groups in total. The summed E-state index contributed by atoms with van der Waals surface area (Å²) in [5.74, 6) is -2.93. The van der Waals surface area contributed by atoms with E-state index in [0.29, 0.717) is 17.7 Å². The van der Waals surface area contributed by atoms with E-state index in [1.165, 1.54) is 17.4 Å². The molecule has 1 aliphatic heterocycles. The highest BCUT2D eigenvalue weighted by molar-refractivity contribution is 7.12. The molecule has 0 bridgehead atoms. The summed E-state index contributed by atoms with van der Waals surface area (Å²) in [7, 11) is 0. The summed E-state index contributed by atoms with van der Waals surface area (Å²) in [5.41, 5.74) is 1.17. The normalized spacial score (nSPS) is 20.7. The molecule has 0 unspecified atom stereocenters. The Balaban J connectivity index is 1.71. The van der Waals surface area contributed by atoms with Crippen LogP contribution in [0.5, 0.6) is 0 Å². The highest BCUT2D eigenvalue weighted by Crippen LogP contribution is 2.38. The van der Waals surface area contributed by atoms with E-state index in [1.807, 2.05) is 13.0 Å². The number of nitrogens with zero attached hydrogens (tertiary/aromatic N) is 2. The fourth-order valence-corrected chi connectivity index (χ4v) is 4.79. The first kappa shape index (κ1) is 20.5. The van der Waals surface area contributed by atoms with Gasteiger partial charge in [0.15, 0.2) is 5.78 Å². The molecule has 1 aromatic heterocycles. The van der Waals surface area contributed by atoms with Gasteiger partial charge in [-0.05, 0) is 43.3 Å². The first-order valence-corrected chi connectivity index (χ1v) is 10.8. The molecule has 2 atom stereocenters. The molecule has 1 aliphatic carbocycles. The number of hydrogen-bond donors (Lipinski definition) is 0. The van der Waals surface area contributed by atoms with Crippen molar-refractivity contribution in [3.05, 3.63) is 68.9 Å². The molecule has 2 aromatic rings. The van der Waals surface area contributed by atoms with Crippen LogP contribution in [0.25, 0.3) is 0 Å². The summed E-state index contributed by atoms with van der Waals surface area (Å²) in [6.45, 7) is 1.50. The van der Waals surface area contributed by atoms with Crippen LogP contribution in [0.4, 0.5) is 0 Å². The van der Waals surface area contributed by atoms with Gasteiger partial charge in [0.25, 0.3) is 17.7 Å². The van der Waals surface area contributed by atoms with Crippen molar-refractivity contribution in [1.29, 1.82) is 0 Å². The zero-order valence-corrected chi connectivity index (χ0v) is 17.8. The van der Waals surface area contributed by atoms with Crippen LogP contribution in [0.15, 0.2) is 53.4 Å². The molecular formula is C22H19ClN2O4S. The molecule has 0 saturated carbocycles. The number of Topliss-reactive ketones (excluding diaryl/α,β-unsaturated/α-hetero) is 1. The number of imide groups is 1. The number of carbonyl (C=O) groups is 4. The molecule has 30 heavy (non-hydrogen) atoms. The van der Waals surface area contributed by atoms with E-state index in [4.69, 9.17) is 11.6 Å². The number of ketones is 1. The number of hydrazine groups is 1. The van der Waals surface area contributed by atoms with Gasteiger partial charge in [0, 0.05) is 0 Å². The molecule has 1 fully saturated rings. The van der Waals surface area contributed by atoms with Gasteiger partial charge in [-0.2, -0.15) is 5.01 Å². The number of amides is 3. The van der Waals surface area contributed by atoms with Gasteiger partial charge in [-0.25, -0.2) is 5.01 Å². The Morgan fingerprint density at radius 1 is 1.13 bits per heavy atom. The standard InChI is InChI=1S/C22H19ClN2O4S/c1-13-8-9-14-16(11-13)22(29)25(21(14)28)24(12-18(26)19-7-4-10-30-19)20(27)15-5-2-3-6-17(15)23/h2-8,10,14,16H,9,11-12H2,1H3/t14-,16-/m1/s1. The maximum atomic E-state index is 13.4. The molecular weight excluding hydrogens is 424 g/mol. The van der Waals surface area contributed by atoms with Crippen molar-refractivity contribution >= 4 is 46.4 Å². The number of benzene rings is 1. The lowest BCUT2D eigenvalue weighted by molar-refractivity contribution is -0.154. The molecule has 2 heterocycles. The van der Waals surface area contributed by atoms with Gasteiger partial charge >= 0.3 is 0 Å². The second-order valence-electron chi connectivity index (χ2n) is 7.43. The van der Waals surface area contributed by atoms with Crippen LogP contribution >= 0.6 is 22.9 Å². The summed E-state index contributed by atoms with van der Waals surface area (Å²) in [4.78, 5) is 52.9. The average Bonchev–Trinajstić information content (AvgIpc) is 3.34. The van der Waals surface area contributed by atoms with Crippen molar-refractivity contribution in [1.82, 2.24) is 10.0 Å². The molecule has 6 nitrogen and oxygen atoms in total. The van der Waals surface area contributed by atoms with Crippen molar-refractivity contribution in [2.45, 2.75) is 19.8 Å². The molecule has 3 amide bonds. The number of thiophene rings is 1. The van der Waals surface area contributed by atoms with Crippen LogP contribution in [0, 0.1) is 11.8 Å². The van der Waals surface area contributed by atoms with Gasteiger partial charge in [-0.1, -0.05) is 41.4 Å². The number of allylic oxidation sites excluding steroid dienone is 2. The smallest absolute Gasteiger partial charge is 0.274 e. The van der Waals surface area contributed by atoms with Crippen molar-refractivity contribution in [3.63, 3.8) is 0 Å². The fourth-order valence-electron chi connectivity index (χ4n) is 3.92. The first-order valence-electron chi connectivity index (χ1n) is 9.55. The molecule has 154 valence electrons. The van der Waals surface area contributed by atoms with Crippen LogP contribution in [-0.2, 0) is 9.59 Å². The Bertz CT molecular complexity index is 1060. The van der Waals surface area contributed by atoms with Crippen molar-refractivity contribution in [2.75, 3.05) is 6.54 Å². The van der Waals surface area contributed by atoms with Crippen molar-refractivity contribution in [3.8, 4) is 0 Å². The quantitative estimate of drug-likeness (QED) is 0.398. The Labute approximate surface area is 182 Å². The van der Waals surface area contributed by atoms with Gasteiger partial charge in [0.1, 0.15) is 6.54 Å². The second kappa shape index (κ2) is 8.16. The topological polar surface area (TPSA) is 74.8 Å². The molecule has 4 rings (SSSR count). The van der Waals surface area contributed by atoms with Gasteiger partial charge in [0.05, 0.1) is 27.3 Å². The number of rotatable bonds is 5. The largest absolute Gasteiger partial charge is 0.291 e. The molecule has 8 heteroatoms. The Kier molecular flexibility index (Phi) is 5.58. The third kappa shape index (κ3) is 3.59. The summed E-state index contributed by atoms with van der Waals surface area (Å²) < 4.78 is 0. The average molecular weight is 443 g/mol. The number of carbonyl (C=O) groups excluding carboxylic acids is 4. The van der Waals surface area contributed by atoms with Crippen molar-refractivity contribution in [2.24, 2.45) is 11.8 Å². The van der Waals surface area contributed by atoms with E-state index in [0.717, 1.165) is 15.6 Å². The van der Waals surface area contributed by atoms with Crippen LogP contribution in [0.2, 0.25) is 5.02 Å². The minimum Gasteiger partial charge on any atom is -0.291 e. The molecule has 0 radical (unpaired) electrons. The van der Waals surface area contributed by atoms with Gasteiger partial charge in [0.2, 0.25) is 0 Å². The molecule has 0 spiro atoms. The molecule has 1 saturated heterocycles. The minimum atomic E-state index is -0.657. The van der Waals surface area contributed by atoms with Crippen molar-refractivity contribution < 1.29 is 19.2 Å². The number of fused-ring (bicyclic) bond motifs is 1. The van der Waals surface area contributed by atoms with Crippen LogP contribution in [-0.4, -0.2) is 40.1 Å². The van der Waals surface area contributed by atoms with Crippen LogP contribution in [0.1, 0.15) is 39.8 Å². The maximum Gasteiger partial charge on any atom is 0.274 e. The van der Waals surface area contributed by atoms with E-state index < -0.39 is 36.1 Å². The van der Waals surface area contributed by atoms with E-state index >= 15 is 0 Å². The summed E-state index contributed by atoms with van der Waals surface area (Å²) in [6, 6.07) is 9.75. The SMILES string of the molecule is CC1=CC[C@H]2C(=O)N(N(CC(=O)c3cccs3)C(=O)c3ccccc3Cl)C(=O)[C@@H]2C1. The van der Waals surface area contributed by atoms with Gasteiger partial charge in [-0.3, -0.25) is 19.2 Å². The lowest BCUT2D eigenvalue weighted by Crippen LogP contribution is -2.52. The predicted octanol–water partition coefficient (Wildman–Crippen LogP) is 3.98. The van der Waals surface area contributed by atoms with Crippen LogP contribution < -0.4 is 0 Å². The minimum absolute atomic E-state index is 0.128. The zero-order chi connectivity index (χ0) is 21.4. The first-order chi connectivity index (χ1) is 14.4. The molecule has 2 aliphatic rings. The lowest BCUT2D eigenvalue weighted by Gasteiger charge is -2.30. The second-order valence-corrected chi connectivity index (χ2v) is 8.79. The molecule has 1 aromatic carbocycles. The summed E-state index contributed by atoms with van der Waals surface area (Å²) >= 11 is 7.43. The number of halogens is 1. The van der Waals surface area contributed by atoms with Gasteiger partial charge in [-0.15, -0.1) is 11.3 Å². The van der Waals surface area contributed by atoms with E-state index in [2.05, 4.69) is 0 Å². The zero-order valence-electron chi connectivity index (χ0n) is 16.2.